The van der Waals surface area contributed by atoms with Crippen LogP contribution in [-0.4, -0.2) is 60.0 Å². The lowest BCUT2D eigenvalue weighted by atomic mass is 9.76. The van der Waals surface area contributed by atoms with Crippen LogP contribution in [0.3, 0.4) is 0 Å². The summed E-state index contributed by atoms with van der Waals surface area (Å²) in [5.41, 5.74) is 3.48. The van der Waals surface area contributed by atoms with E-state index in [1.807, 2.05) is 68.4 Å². The van der Waals surface area contributed by atoms with Gasteiger partial charge in [-0.3, -0.25) is 9.59 Å². The van der Waals surface area contributed by atoms with E-state index in [1.54, 1.807) is 16.9 Å². The number of aromatic nitrogens is 1. The third-order valence-electron chi connectivity index (χ3n) is 8.46. The van der Waals surface area contributed by atoms with Gasteiger partial charge in [-0.1, -0.05) is 43.3 Å². The molecule has 1 saturated heterocycles. The molecule has 3 aromatic carbocycles. The van der Waals surface area contributed by atoms with Gasteiger partial charge in [0.05, 0.1) is 26.0 Å². The molecule has 8 heteroatoms. The Balaban J connectivity index is 1.45. The van der Waals surface area contributed by atoms with E-state index in [2.05, 4.69) is 24.0 Å². The predicted molar refractivity (Wildman–Crippen MR) is 161 cm³/mol. The lowest BCUT2D eigenvalue weighted by molar-refractivity contribution is -0.166. The van der Waals surface area contributed by atoms with E-state index >= 15 is 0 Å². The minimum absolute atomic E-state index is 0.0158. The Bertz CT molecular complexity index is 1650. The van der Waals surface area contributed by atoms with Crippen LogP contribution in [0.25, 0.3) is 10.9 Å². The van der Waals surface area contributed by atoms with Gasteiger partial charge in [-0.05, 0) is 67.3 Å². The Morgan fingerprint density at radius 1 is 0.976 bits per heavy atom. The molecule has 1 fully saturated rings. The molecule has 2 atom stereocenters. The number of piperazine rings is 1. The molecule has 0 radical (unpaired) electrons. The summed E-state index contributed by atoms with van der Waals surface area (Å²) in [6.07, 6.45) is 0.896. The summed E-state index contributed by atoms with van der Waals surface area (Å²) >= 11 is 0. The second-order valence-corrected chi connectivity index (χ2v) is 11.1. The first kappa shape index (κ1) is 27.7. The first-order valence-corrected chi connectivity index (χ1v) is 14.6. The van der Waals surface area contributed by atoms with Gasteiger partial charge in [-0.25, -0.2) is 0 Å². The van der Waals surface area contributed by atoms with Crippen molar-refractivity contribution in [3.8, 4) is 17.2 Å². The lowest BCUT2D eigenvalue weighted by Crippen LogP contribution is -2.67. The molecule has 1 unspecified atom stereocenters. The van der Waals surface area contributed by atoms with Crippen molar-refractivity contribution in [2.24, 2.45) is 0 Å². The van der Waals surface area contributed by atoms with Crippen LogP contribution in [0.4, 0.5) is 0 Å². The summed E-state index contributed by atoms with van der Waals surface area (Å²) < 4.78 is 17.3. The second kappa shape index (κ2) is 11.1. The number of aromatic amines is 1. The molecule has 3 heterocycles. The molecular weight excluding hydrogens is 530 g/mol. The SMILES string of the molecule is CCCOc1ccc(C2CN3C(=O)CN(Cc4cccc(OC)c4)C(=O)[C@]3(C)c3[nH]c4ccccc4c32)cc1OCC. The van der Waals surface area contributed by atoms with E-state index in [0.717, 1.165) is 39.7 Å². The first-order valence-electron chi connectivity index (χ1n) is 14.6. The number of para-hydroxylation sites is 1. The molecule has 218 valence electrons. The highest BCUT2D eigenvalue weighted by Gasteiger charge is 2.56. The van der Waals surface area contributed by atoms with Crippen molar-refractivity contribution in [1.29, 1.82) is 0 Å². The summed E-state index contributed by atoms with van der Waals surface area (Å²) in [5, 5.41) is 1.05. The van der Waals surface area contributed by atoms with E-state index in [4.69, 9.17) is 14.2 Å². The number of carbonyl (C=O) groups excluding carboxylic acids is 2. The van der Waals surface area contributed by atoms with E-state index in [1.165, 1.54) is 0 Å². The van der Waals surface area contributed by atoms with E-state index in [0.29, 0.717) is 43.6 Å². The quantitative estimate of drug-likeness (QED) is 0.285. The number of fused-ring (bicyclic) bond motifs is 5. The first-order chi connectivity index (χ1) is 20.4. The molecule has 0 saturated carbocycles. The summed E-state index contributed by atoms with van der Waals surface area (Å²) in [7, 11) is 1.62. The van der Waals surface area contributed by atoms with Crippen LogP contribution in [0.2, 0.25) is 0 Å². The number of carbonyl (C=O) groups is 2. The highest BCUT2D eigenvalue weighted by molar-refractivity contribution is 6.01. The summed E-state index contributed by atoms with van der Waals surface area (Å²) in [4.78, 5) is 35.3. The van der Waals surface area contributed by atoms with Gasteiger partial charge in [-0.2, -0.15) is 0 Å². The molecule has 1 N–H and O–H groups in total. The van der Waals surface area contributed by atoms with Crippen molar-refractivity contribution in [2.45, 2.75) is 45.2 Å². The highest BCUT2D eigenvalue weighted by atomic mass is 16.5. The van der Waals surface area contributed by atoms with Crippen LogP contribution in [0.1, 0.15) is 55.5 Å². The van der Waals surface area contributed by atoms with Crippen LogP contribution < -0.4 is 14.2 Å². The number of ether oxygens (including phenoxy) is 3. The van der Waals surface area contributed by atoms with Gasteiger partial charge in [0.2, 0.25) is 5.91 Å². The number of H-pyrrole nitrogens is 1. The van der Waals surface area contributed by atoms with E-state index in [9.17, 15) is 9.59 Å². The van der Waals surface area contributed by atoms with Crippen molar-refractivity contribution in [3.05, 3.63) is 89.1 Å². The Morgan fingerprint density at radius 3 is 2.60 bits per heavy atom. The van der Waals surface area contributed by atoms with Crippen LogP contribution in [-0.2, 0) is 21.7 Å². The molecule has 0 aliphatic carbocycles. The van der Waals surface area contributed by atoms with Crippen molar-refractivity contribution in [2.75, 3.05) is 33.4 Å². The number of rotatable bonds is 9. The third kappa shape index (κ3) is 4.55. The summed E-state index contributed by atoms with van der Waals surface area (Å²) in [6.45, 7) is 7.73. The molecule has 0 bridgehead atoms. The average Bonchev–Trinajstić information content (AvgIpc) is 3.40. The number of benzene rings is 3. The Morgan fingerprint density at radius 2 is 1.81 bits per heavy atom. The third-order valence-corrected chi connectivity index (χ3v) is 8.46. The van der Waals surface area contributed by atoms with Crippen LogP contribution >= 0.6 is 0 Å². The largest absolute Gasteiger partial charge is 0.497 e. The fourth-order valence-corrected chi connectivity index (χ4v) is 6.43. The zero-order valence-corrected chi connectivity index (χ0v) is 24.6. The minimum Gasteiger partial charge on any atom is -0.497 e. The molecule has 4 aromatic rings. The van der Waals surface area contributed by atoms with Crippen LogP contribution in [0, 0.1) is 0 Å². The maximum atomic E-state index is 14.4. The fourth-order valence-electron chi connectivity index (χ4n) is 6.43. The molecule has 42 heavy (non-hydrogen) atoms. The van der Waals surface area contributed by atoms with E-state index < -0.39 is 5.54 Å². The molecule has 6 rings (SSSR count). The lowest BCUT2D eigenvalue weighted by Gasteiger charge is -2.51. The van der Waals surface area contributed by atoms with Crippen molar-refractivity contribution >= 4 is 22.7 Å². The highest BCUT2D eigenvalue weighted by Crippen LogP contribution is 2.49. The molecule has 2 aliphatic heterocycles. The second-order valence-electron chi connectivity index (χ2n) is 11.1. The van der Waals surface area contributed by atoms with Crippen LogP contribution in [0.5, 0.6) is 17.2 Å². The molecule has 1 aromatic heterocycles. The maximum Gasteiger partial charge on any atom is 0.255 e. The predicted octanol–water partition coefficient (Wildman–Crippen LogP) is 5.60. The van der Waals surface area contributed by atoms with Gasteiger partial charge in [0, 0.05) is 29.9 Å². The fraction of sp³-hybridized carbons (Fsp3) is 0.353. The standard InChI is InChI=1S/C34H37N3O5/c1-5-16-42-28-15-14-23(18-29(28)41-6-2)26-20-37-30(38)21-36(19-22-10-9-11-24(17-22)40-4)33(39)34(37,3)32-31(26)25-12-7-8-13-27(25)35-32/h7-15,17-18,26,35H,5-6,16,19-21H2,1-4H3/t26?,34-/m0/s1. The van der Waals surface area contributed by atoms with E-state index in [-0.39, 0.29) is 24.3 Å². The molecule has 2 aliphatic rings. The molecular formula is C34H37N3O5. The number of nitrogens with zero attached hydrogens (tertiary/aromatic N) is 2. The molecule has 2 amide bonds. The zero-order valence-electron chi connectivity index (χ0n) is 24.6. The normalized spacial score (nSPS) is 20.0. The van der Waals surface area contributed by atoms with Gasteiger partial charge in [0.25, 0.3) is 5.91 Å². The van der Waals surface area contributed by atoms with Gasteiger partial charge in [0.1, 0.15) is 12.3 Å². The van der Waals surface area contributed by atoms with Crippen molar-refractivity contribution in [1.82, 2.24) is 14.8 Å². The summed E-state index contributed by atoms with van der Waals surface area (Å²) in [6, 6.07) is 21.8. The number of methoxy groups -OCH3 is 1. The van der Waals surface area contributed by atoms with Crippen molar-refractivity contribution < 1.29 is 23.8 Å². The monoisotopic (exact) mass is 567 g/mol. The Hall–Kier alpha value is -4.46. The minimum atomic E-state index is -1.17. The van der Waals surface area contributed by atoms with Gasteiger partial charge >= 0.3 is 0 Å². The Kier molecular flexibility index (Phi) is 7.31. The average molecular weight is 568 g/mol. The van der Waals surface area contributed by atoms with Gasteiger partial charge in [0.15, 0.2) is 17.0 Å². The Labute approximate surface area is 246 Å². The zero-order chi connectivity index (χ0) is 29.4. The maximum absolute atomic E-state index is 14.4. The number of amides is 2. The number of nitrogens with one attached hydrogen (secondary N) is 1. The smallest absolute Gasteiger partial charge is 0.255 e. The van der Waals surface area contributed by atoms with Gasteiger partial charge < -0.3 is 29.0 Å². The van der Waals surface area contributed by atoms with Gasteiger partial charge in [-0.15, -0.1) is 0 Å². The summed E-state index contributed by atoms with van der Waals surface area (Å²) in [5.74, 6) is 1.76. The molecule has 8 nitrogen and oxygen atoms in total. The number of hydrogen-bond acceptors (Lipinski definition) is 5. The molecule has 0 spiro atoms. The number of hydrogen-bond donors (Lipinski definition) is 1. The topological polar surface area (TPSA) is 84.1 Å². The van der Waals surface area contributed by atoms with Crippen LogP contribution in [0.15, 0.2) is 66.7 Å². The van der Waals surface area contributed by atoms with Crippen molar-refractivity contribution in [3.63, 3.8) is 0 Å².